The van der Waals surface area contributed by atoms with E-state index in [0.717, 1.165) is 6.42 Å². The minimum absolute atomic E-state index is 0.171. The fraction of sp³-hybridized carbons (Fsp3) is 0.667. The van der Waals surface area contributed by atoms with Gasteiger partial charge in [-0.2, -0.15) is 0 Å². The van der Waals surface area contributed by atoms with Crippen LogP contribution in [0.1, 0.15) is 26.7 Å². The van der Waals surface area contributed by atoms with Crippen LogP contribution < -0.4 is 5.32 Å². The summed E-state index contributed by atoms with van der Waals surface area (Å²) >= 11 is 0. The number of aliphatic carboxylic acids is 1. The summed E-state index contributed by atoms with van der Waals surface area (Å²) in [6.07, 6.45) is 1.52. The molecular formula is C9H15NO5. The molecule has 0 fully saturated rings. The molecule has 0 heterocycles. The first-order chi connectivity index (χ1) is 6.99. The maximum atomic E-state index is 11.0. The highest BCUT2D eigenvalue weighted by Gasteiger charge is 2.20. The number of hydrogen-bond donors (Lipinski definition) is 2. The molecule has 0 aliphatic heterocycles. The number of esters is 1. The smallest absolute Gasteiger partial charge is 0.396 e. The molecule has 0 rings (SSSR count). The normalized spacial score (nSPS) is 11.6. The van der Waals surface area contributed by atoms with Crippen LogP contribution in [0.2, 0.25) is 0 Å². The van der Waals surface area contributed by atoms with Gasteiger partial charge in [0.25, 0.3) is 0 Å². The van der Waals surface area contributed by atoms with Crippen molar-refractivity contribution in [2.45, 2.75) is 32.7 Å². The molecule has 0 bridgehead atoms. The number of carbonyl (C=O) groups is 3. The third-order valence-electron chi connectivity index (χ3n) is 1.63. The van der Waals surface area contributed by atoms with Crippen LogP contribution in [0.15, 0.2) is 0 Å². The topological polar surface area (TPSA) is 92.7 Å². The van der Waals surface area contributed by atoms with Crippen LogP contribution in [0.3, 0.4) is 0 Å². The second-order valence-electron chi connectivity index (χ2n) is 3.02. The minimum Gasteiger partial charge on any atom is -0.480 e. The summed E-state index contributed by atoms with van der Waals surface area (Å²) in [4.78, 5) is 32.3. The molecule has 6 heteroatoms. The van der Waals surface area contributed by atoms with Crippen LogP contribution in [-0.4, -0.2) is 35.6 Å². The Labute approximate surface area is 87.6 Å². The molecule has 0 radical (unpaired) electrons. The van der Waals surface area contributed by atoms with Crippen LogP contribution >= 0.6 is 0 Å². The lowest BCUT2D eigenvalue weighted by atomic mass is 10.3. The van der Waals surface area contributed by atoms with Gasteiger partial charge in [0.1, 0.15) is 6.04 Å². The molecule has 0 aliphatic carbocycles. The van der Waals surface area contributed by atoms with Crippen LogP contribution in [-0.2, 0) is 19.1 Å². The summed E-state index contributed by atoms with van der Waals surface area (Å²) < 4.78 is 4.58. The first-order valence-corrected chi connectivity index (χ1v) is 4.69. The predicted octanol–water partition coefficient (Wildman–Crippen LogP) is -0.0810. The van der Waals surface area contributed by atoms with Crippen molar-refractivity contribution >= 4 is 17.8 Å². The Hall–Kier alpha value is -1.59. The fourth-order valence-electron chi connectivity index (χ4n) is 0.692. The number of hydrogen-bond acceptors (Lipinski definition) is 4. The Kier molecular flexibility index (Phi) is 6.08. The van der Waals surface area contributed by atoms with Crippen molar-refractivity contribution in [1.82, 2.24) is 5.32 Å². The molecule has 1 atom stereocenters. The number of ether oxygens (including phenoxy) is 1. The fourth-order valence-corrected chi connectivity index (χ4v) is 0.692. The SMILES string of the molecule is CCCCOC(=O)C(=O)N[C@@H](C)C(=O)O. The standard InChI is InChI=1S/C9H15NO5/c1-3-4-5-15-9(14)7(11)10-6(2)8(12)13/h6H,3-5H2,1-2H3,(H,10,11)(H,12,13)/t6-/m0/s1. The first-order valence-electron chi connectivity index (χ1n) is 4.69. The van der Waals surface area contributed by atoms with Crippen LogP contribution in [0.5, 0.6) is 0 Å². The zero-order chi connectivity index (χ0) is 11.8. The summed E-state index contributed by atoms with van der Waals surface area (Å²) in [7, 11) is 0. The average Bonchev–Trinajstić information content (AvgIpc) is 2.17. The highest BCUT2D eigenvalue weighted by molar-refractivity contribution is 6.32. The predicted molar refractivity (Wildman–Crippen MR) is 51.1 cm³/mol. The molecule has 86 valence electrons. The van der Waals surface area contributed by atoms with Crippen molar-refractivity contribution < 1.29 is 24.2 Å². The van der Waals surface area contributed by atoms with E-state index in [1.165, 1.54) is 6.92 Å². The highest BCUT2D eigenvalue weighted by atomic mass is 16.5. The van der Waals surface area contributed by atoms with Gasteiger partial charge < -0.3 is 15.2 Å². The van der Waals surface area contributed by atoms with Crippen LogP contribution in [0.25, 0.3) is 0 Å². The van der Waals surface area contributed by atoms with E-state index in [1.807, 2.05) is 12.2 Å². The summed E-state index contributed by atoms with van der Waals surface area (Å²) in [6, 6.07) is -1.10. The zero-order valence-electron chi connectivity index (χ0n) is 8.78. The Morgan fingerprint density at radius 3 is 2.47 bits per heavy atom. The summed E-state index contributed by atoms with van der Waals surface area (Å²) in [5.74, 6) is -3.28. The largest absolute Gasteiger partial charge is 0.480 e. The monoisotopic (exact) mass is 217 g/mol. The molecule has 6 nitrogen and oxygen atoms in total. The molecule has 1 amide bonds. The van der Waals surface area contributed by atoms with Gasteiger partial charge in [-0.1, -0.05) is 13.3 Å². The molecule has 0 aliphatic rings. The van der Waals surface area contributed by atoms with Crippen molar-refractivity contribution in [2.24, 2.45) is 0 Å². The Balaban J connectivity index is 3.89. The molecule has 0 spiro atoms. The molecular weight excluding hydrogens is 202 g/mol. The van der Waals surface area contributed by atoms with E-state index in [9.17, 15) is 14.4 Å². The second-order valence-corrected chi connectivity index (χ2v) is 3.02. The first kappa shape index (κ1) is 13.4. The van der Waals surface area contributed by atoms with Crippen molar-refractivity contribution in [1.29, 1.82) is 0 Å². The Morgan fingerprint density at radius 2 is 2.00 bits per heavy atom. The molecule has 0 saturated carbocycles. The number of unbranched alkanes of at least 4 members (excludes halogenated alkanes) is 1. The summed E-state index contributed by atoms with van der Waals surface area (Å²) in [5.41, 5.74) is 0. The van der Waals surface area contributed by atoms with Gasteiger partial charge in [-0.05, 0) is 13.3 Å². The van der Waals surface area contributed by atoms with Gasteiger partial charge in [-0.3, -0.25) is 9.59 Å². The van der Waals surface area contributed by atoms with E-state index in [4.69, 9.17) is 5.11 Å². The molecule has 0 saturated heterocycles. The van der Waals surface area contributed by atoms with Crippen LogP contribution in [0, 0.1) is 0 Å². The van der Waals surface area contributed by atoms with Gasteiger partial charge in [0.05, 0.1) is 6.61 Å². The van der Waals surface area contributed by atoms with E-state index < -0.39 is 23.9 Å². The molecule has 0 aromatic heterocycles. The quantitative estimate of drug-likeness (QED) is 0.381. The van der Waals surface area contributed by atoms with Crippen molar-refractivity contribution in [3.05, 3.63) is 0 Å². The second kappa shape index (κ2) is 6.80. The lowest BCUT2D eigenvalue weighted by Crippen LogP contribution is -2.42. The van der Waals surface area contributed by atoms with Crippen molar-refractivity contribution in [2.75, 3.05) is 6.61 Å². The number of carboxylic acids is 1. The van der Waals surface area contributed by atoms with E-state index in [-0.39, 0.29) is 6.61 Å². The van der Waals surface area contributed by atoms with Gasteiger partial charge in [-0.25, -0.2) is 4.79 Å². The van der Waals surface area contributed by atoms with Gasteiger partial charge in [0.15, 0.2) is 0 Å². The molecule has 2 N–H and O–H groups in total. The lowest BCUT2D eigenvalue weighted by Gasteiger charge is -2.08. The van der Waals surface area contributed by atoms with E-state index in [0.29, 0.717) is 6.42 Å². The number of rotatable bonds is 5. The minimum atomic E-state index is -1.20. The van der Waals surface area contributed by atoms with Crippen LogP contribution in [0.4, 0.5) is 0 Å². The number of amides is 1. The third-order valence-corrected chi connectivity index (χ3v) is 1.63. The number of carbonyl (C=O) groups excluding carboxylic acids is 2. The van der Waals surface area contributed by atoms with Gasteiger partial charge >= 0.3 is 17.8 Å². The maximum Gasteiger partial charge on any atom is 0.396 e. The maximum absolute atomic E-state index is 11.0. The summed E-state index contributed by atoms with van der Waals surface area (Å²) in [6.45, 7) is 3.35. The third kappa shape index (κ3) is 5.66. The van der Waals surface area contributed by atoms with Gasteiger partial charge in [0.2, 0.25) is 0 Å². The Morgan fingerprint density at radius 1 is 1.40 bits per heavy atom. The van der Waals surface area contributed by atoms with E-state index in [1.54, 1.807) is 0 Å². The van der Waals surface area contributed by atoms with E-state index >= 15 is 0 Å². The average molecular weight is 217 g/mol. The van der Waals surface area contributed by atoms with Gasteiger partial charge in [-0.15, -0.1) is 0 Å². The molecule has 0 unspecified atom stereocenters. The van der Waals surface area contributed by atoms with Crippen molar-refractivity contribution in [3.63, 3.8) is 0 Å². The zero-order valence-corrected chi connectivity index (χ0v) is 8.78. The van der Waals surface area contributed by atoms with E-state index in [2.05, 4.69) is 4.74 Å². The molecule has 15 heavy (non-hydrogen) atoms. The van der Waals surface area contributed by atoms with Crippen molar-refractivity contribution in [3.8, 4) is 0 Å². The van der Waals surface area contributed by atoms with Gasteiger partial charge in [0, 0.05) is 0 Å². The number of carboxylic acid groups (broad SMARTS) is 1. The Bertz CT molecular complexity index is 251. The molecule has 0 aromatic carbocycles. The highest BCUT2D eigenvalue weighted by Crippen LogP contribution is 1.90. The lowest BCUT2D eigenvalue weighted by molar-refractivity contribution is -0.156. The number of nitrogens with one attached hydrogen (secondary N) is 1. The molecule has 0 aromatic rings. The summed E-state index contributed by atoms with van der Waals surface area (Å²) in [5, 5.41) is 10.5.